The number of nitrogens with one attached hydrogen (secondary N) is 1. The summed E-state index contributed by atoms with van der Waals surface area (Å²) < 4.78 is 0. The van der Waals surface area contributed by atoms with E-state index in [1.807, 2.05) is 41.7 Å². The van der Waals surface area contributed by atoms with Crippen molar-refractivity contribution in [3.8, 4) is 0 Å². The molecule has 7 nitrogen and oxygen atoms in total. The molecule has 0 aromatic rings. The SMILES string of the molecule is C/C(=C\[C@H](C(C)C)N(C)C(=O)[C@@H](NC(=O)C1CC(C)CCN1C)C(C)(C)C)C(=O)O. The lowest BCUT2D eigenvalue weighted by Gasteiger charge is -2.40. The second-order valence-corrected chi connectivity index (χ2v) is 10.3. The van der Waals surface area contributed by atoms with Crippen LogP contribution in [0, 0.1) is 17.3 Å². The summed E-state index contributed by atoms with van der Waals surface area (Å²) in [6.07, 6.45) is 3.46. The van der Waals surface area contributed by atoms with E-state index in [0.717, 1.165) is 19.4 Å². The Hall–Kier alpha value is -1.89. The van der Waals surface area contributed by atoms with Crippen LogP contribution in [0.2, 0.25) is 0 Å². The summed E-state index contributed by atoms with van der Waals surface area (Å²) in [5, 5.41) is 12.3. The second-order valence-electron chi connectivity index (χ2n) is 10.3. The molecule has 0 aliphatic carbocycles. The highest BCUT2D eigenvalue weighted by Gasteiger charge is 2.39. The Kier molecular flexibility index (Phi) is 9.08. The number of amides is 2. The van der Waals surface area contributed by atoms with Crippen molar-refractivity contribution in [3.05, 3.63) is 11.6 Å². The standard InChI is InChI=1S/C23H41N3O4/c1-14(2)17(13-16(4)22(29)30)26(9)21(28)19(23(5,6)7)24-20(27)18-12-15(3)10-11-25(18)8/h13-15,17-19H,10-12H2,1-9H3,(H,24,27)(H,29,30)/b16-13+/t15?,17-,18?,19-/m1/s1. The van der Waals surface area contributed by atoms with Gasteiger partial charge in [0.25, 0.3) is 0 Å². The van der Waals surface area contributed by atoms with E-state index in [2.05, 4.69) is 17.1 Å². The van der Waals surface area contributed by atoms with E-state index < -0.39 is 17.4 Å². The van der Waals surface area contributed by atoms with Gasteiger partial charge in [-0.05, 0) is 50.6 Å². The molecule has 2 N–H and O–H groups in total. The van der Waals surface area contributed by atoms with Crippen LogP contribution in [0.15, 0.2) is 11.6 Å². The molecule has 0 aromatic heterocycles. The lowest BCUT2D eigenvalue weighted by Crippen LogP contribution is -2.60. The maximum atomic E-state index is 13.5. The van der Waals surface area contributed by atoms with Crippen molar-refractivity contribution < 1.29 is 19.5 Å². The second kappa shape index (κ2) is 10.4. The van der Waals surface area contributed by atoms with Gasteiger partial charge >= 0.3 is 5.97 Å². The Balaban J connectivity index is 3.12. The molecule has 0 saturated carbocycles. The fourth-order valence-electron chi connectivity index (χ4n) is 3.88. The summed E-state index contributed by atoms with van der Waals surface area (Å²) in [4.78, 5) is 41.5. The van der Waals surface area contributed by atoms with E-state index in [-0.39, 0.29) is 35.4 Å². The molecule has 1 heterocycles. The first-order valence-corrected chi connectivity index (χ1v) is 10.9. The lowest BCUT2D eigenvalue weighted by atomic mass is 9.84. The molecule has 1 aliphatic heterocycles. The van der Waals surface area contributed by atoms with Gasteiger partial charge < -0.3 is 15.3 Å². The molecule has 1 fully saturated rings. The van der Waals surface area contributed by atoms with Crippen LogP contribution in [0.5, 0.6) is 0 Å². The van der Waals surface area contributed by atoms with Crippen molar-refractivity contribution in [1.82, 2.24) is 15.1 Å². The normalized spacial score (nSPS) is 23.1. The van der Waals surface area contributed by atoms with Crippen LogP contribution < -0.4 is 5.32 Å². The fourth-order valence-corrected chi connectivity index (χ4v) is 3.88. The van der Waals surface area contributed by atoms with E-state index in [4.69, 9.17) is 0 Å². The maximum Gasteiger partial charge on any atom is 0.331 e. The minimum atomic E-state index is -1.00. The van der Waals surface area contributed by atoms with Crippen molar-refractivity contribution in [3.63, 3.8) is 0 Å². The summed E-state index contributed by atoms with van der Waals surface area (Å²) in [5.74, 6) is -0.844. The van der Waals surface area contributed by atoms with Gasteiger partial charge in [-0.1, -0.05) is 47.6 Å². The fraction of sp³-hybridized carbons (Fsp3) is 0.783. The number of nitrogens with zero attached hydrogens (tertiary/aromatic N) is 2. The largest absolute Gasteiger partial charge is 0.478 e. The summed E-state index contributed by atoms with van der Waals surface area (Å²) in [6, 6.07) is -1.33. The molecule has 172 valence electrons. The number of carboxylic acid groups (broad SMARTS) is 1. The molecule has 30 heavy (non-hydrogen) atoms. The van der Waals surface area contributed by atoms with E-state index in [0.29, 0.717) is 5.92 Å². The Morgan fingerprint density at radius 1 is 1.23 bits per heavy atom. The molecule has 4 atom stereocenters. The van der Waals surface area contributed by atoms with Crippen LogP contribution in [-0.2, 0) is 14.4 Å². The number of carbonyl (C=O) groups is 3. The number of carbonyl (C=O) groups excluding carboxylic acids is 2. The molecule has 2 amide bonds. The molecule has 2 unspecified atom stereocenters. The van der Waals surface area contributed by atoms with Crippen LogP contribution in [-0.4, -0.2) is 71.5 Å². The molecule has 7 heteroatoms. The molecular weight excluding hydrogens is 382 g/mol. The van der Waals surface area contributed by atoms with Gasteiger partial charge in [0.2, 0.25) is 11.8 Å². The smallest absolute Gasteiger partial charge is 0.331 e. The zero-order valence-electron chi connectivity index (χ0n) is 20.2. The van der Waals surface area contributed by atoms with Crippen molar-refractivity contribution in [1.29, 1.82) is 0 Å². The number of likely N-dealkylation sites (tertiary alicyclic amines) is 1. The zero-order chi connectivity index (χ0) is 23.4. The summed E-state index contributed by atoms with van der Waals surface area (Å²) in [5.41, 5.74) is -0.296. The monoisotopic (exact) mass is 423 g/mol. The average Bonchev–Trinajstić information content (AvgIpc) is 2.63. The Morgan fingerprint density at radius 3 is 2.27 bits per heavy atom. The Bertz CT molecular complexity index is 666. The molecule has 1 saturated heterocycles. The average molecular weight is 424 g/mol. The number of aliphatic carboxylic acids is 1. The van der Waals surface area contributed by atoms with Crippen LogP contribution in [0.4, 0.5) is 0 Å². The van der Waals surface area contributed by atoms with Gasteiger partial charge in [0.1, 0.15) is 6.04 Å². The van der Waals surface area contributed by atoms with Gasteiger partial charge in [-0.2, -0.15) is 0 Å². The first-order chi connectivity index (χ1) is 13.7. The summed E-state index contributed by atoms with van der Waals surface area (Å²) in [6.45, 7) is 14.2. The van der Waals surface area contributed by atoms with E-state index in [1.54, 1.807) is 18.0 Å². The predicted molar refractivity (Wildman–Crippen MR) is 119 cm³/mol. The first kappa shape index (κ1) is 26.1. The van der Waals surface area contributed by atoms with Crippen molar-refractivity contribution >= 4 is 17.8 Å². The van der Waals surface area contributed by atoms with Gasteiger partial charge in [0, 0.05) is 12.6 Å². The van der Waals surface area contributed by atoms with E-state index in [1.165, 1.54) is 6.92 Å². The minimum absolute atomic E-state index is 0.0231. The van der Waals surface area contributed by atoms with Crippen molar-refractivity contribution in [2.24, 2.45) is 17.3 Å². The van der Waals surface area contributed by atoms with Gasteiger partial charge in [-0.15, -0.1) is 0 Å². The minimum Gasteiger partial charge on any atom is -0.478 e. The quantitative estimate of drug-likeness (QED) is 0.615. The number of piperidine rings is 1. The molecule has 0 radical (unpaired) electrons. The molecule has 0 spiro atoms. The van der Waals surface area contributed by atoms with Gasteiger partial charge in [0.15, 0.2) is 0 Å². The highest BCUT2D eigenvalue weighted by Crippen LogP contribution is 2.26. The van der Waals surface area contributed by atoms with Gasteiger partial charge in [-0.25, -0.2) is 4.79 Å². The third kappa shape index (κ3) is 6.83. The highest BCUT2D eigenvalue weighted by molar-refractivity contribution is 5.91. The Labute approximate surface area is 181 Å². The third-order valence-corrected chi connectivity index (χ3v) is 6.07. The number of rotatable bonds is 7. The number of hydrogen-bond donors (Lipinski definition) is 2. The topological polar surface area (TPSA) is 90.0 Å². The first-order valence-electron chi connectivity index (χ1n) is 10.9. The summed E-state index contributed by atoms with van der Waals surface area (Å²) >= 11 is 0. The van der Waals surface area contributed by atoms with E-state index in [9.17, 15) is 19.5 Å². The van der Waals surface area contributed by atoms with Crippen LogP contribution in [0.25, 0.3) is 0 Å². The number of carboxylic acids is 1. The molecule has 0 bridgehead atoms. The zero-order valence-corrected chi connectivity index (χ0v) is 20.2. The summed E-state index contributed by atoms with van der Waals surface area (Å²) in [7, 11) is 3.63. The molecule has 1 aliphatic rings. The van der Waals surface area contributed by atoms with Crippen molar-refractivity contribution in [2.75, 3.05) is 20.6 Å². The van der Waals surface area contributed by atoms with Gasteiger partial charge in [0.05, 0.1) is 12.1 Å². The molecule has 1 rings (SSSR count). The maximum absolute atomic E-state index is 13.5. The Morgan fingerprint density at radius 2 is 1.80 bits per heavy atom. The molecule has 0 aromatic carbocycles. The van der Waals surface area contributed by atoms with Crippen LogP contribution >= 0.6 is 0 Å². The van der Waals surface area contributed by atoms with E-state index >= 15 is 0 Å². The number of likely N-dealkylation sites (N-methyl/N-ethyl adjacent to an activating group) is 2. The predicted octanol–water partition coefficient (Wildman–Crippen LogP) is 2.76. The highest BCUT2D eigenvalue weighted by atomic mass is 16.4. The van der Waals surface area contributed by atoms with Crippen LogP contribution in [0.1, 0.15) is 61.3 Å². The molecular formula is C23H41N3O4. The van der Waals surface area contributed by atoms with Gasteiger partial charge in [-0.3, -0.25) is 14.5 Å². The van der Waals surface area contributed by atoms with Crippen LogP contribution in [0.3, 0.4) is 0 Å². The lowest BCUT2D eigenvalue weighted by molar-refractivity contribution is -0.141. The number of hydrogen-bond acceptors (Lipinski definition) is 4. The van der Waals surface area contributed by atoms with Crippen molar-refractivity contribution in [2.45, 2.75) is 79.4 Å². The third-order valence-electron chi connectivity index (χ3n) is 6.07.